The molecular weight excluding hydrogens is 254 g/mol. The number of aromatic hydroxyl groups is 1. The van der Waals surface area contributed by atoms with E-state index in [1.54, 1.807) is 0 Å². The third-order valence-corrected chi connectivity index (χ3v) is 2.51. The van der Waals surface area contributed by atoms with Gasteiger partial charge in [0.1, 0.15) is 6.61 Å². The smallest absolute Gasteiger partial charge is 0.173 e. The van der Waals surface area contributed by atoms with Crippen LogP contribution in [0.2, 0.25) is 0 Å². The summed E-state index contributed by atoms with van der Waals surface area (Å²) in [7, 11) is 0. The maximum Gasteiger partial charge on any atom is 0.173 e. The summed E-state index contributed by atoms with van der Waals surface area (Å²) in [5.74, 6) is 6.99. The van der Waals surface area contributed by atoms with E-state index in [9.17, 15) is 10.2 Å². The molecule has 0 bridgehead atoms. The molecule has 1 aromatic rings. The normalized spacial score (nSPS) is 10.9. The van der Waals surface area contributed by atoms with Crippen LogP contribution in [0.25, 0.3) is 0 Å². The van der Waals surface area contributed by atoms with Crippen LogP contribution < -0.4 is 10.1 Å². The van der Waals surface area contributed by atoms with Crippen molar-refractivity contribution in [1.82, 2.24) is 5.32 Å². The van der Waals surface area contributed by atoms with Gasteiger partial charge in [-0.15, -0.1) is 19.3 Å². The fraction of sp³-hybridized carbons (Fsp3) is 0.250. The van der Waals surface area contributed by atoms with E-state index in [0.29, 0.717) is 12.1 Å². The summed E-state index contributed by atoms with van der Waals surface area (Å²) in [6.07, 6.45) is 14.7. The molecule has 4 heteroatoms. The summed E-state index contributed by atoms with van der Waals surface area (Å²) in [4.78, 5) is 0. The third kappa shape index (κ3) is 3.97. The monoisotopic (exact) mass is 269 g/mol. The molecule has 0 aromatic heterocycles. The molecule has 0 aliphatic heterocycles. The Morgan fingerprint density at radius 3 is 2.60 bits per heavy atom. The fourth-order valence-electron chi connectivity index (χ4n) is 1.56. The van der Waals surface area contributed by atoms with Crippen LogP contribution in [-0.4, -0.2) is 29.9 Å². The Balaban J connectivity index is 3.00. The summed E-state index contributed by atoms with van der Waals surface area (Å²) in [5, 5.41) is 22.8. The van der Waals surface area contributed by atoms with E-state index in [1.807, 2.05) is 0 Å². The molecule has 4 nitrogen and oxygen atoms in total. The minimum absolute atomic E-state index is 0.00748. The number of nitrogens with one attached hydrogen (secondary N) is 1. The lowest BCUT2D eigenvalue weighted by Crippen LogP contribution is -2.21. The van der Waals surface area contributed by atoms with Gasteiger partial charge >= 0.3 is 0 Å². The Hall–Kier alpha value is -2.58. The fourth-order valence-corrected chi connectivity index (χ4v) is 1.56. The number of phenolic OH excluding ortho intramolecular Hbond substituents is 1. The molecule has 0 radical (unpaired) electrons. The molecule has 0 spiro atoms. The van der Waals surface area contributed by atoms with E-state index < -0.39 is 6.10 Å². The zero-order valence-electron chi connectivity index (χ0n) is 10.9. The number of hydrogen-bond acceptors (Lipinski definition) is 4. The van der Waals surface area contributed by atoms with Crippen LogP contribution in [0, 0.1) is 37.0 Å². The molecule has 1 unspecified atom stereocenters. The quantitative estimate of drug-likeness (QED) is 0.524. The molecule has 3 N–H and O–H groups in total. The highest BCUT2D eigenvalue weighted by molar-refractivity contribution is 5.55. The minimum atomic E-state index is -0.829. The largest absolute Gasteiger partial charge is 0.503 e. The van der Waals surface area contributed by atoms with E-state index >= 15 is 0 Å². The second-order valence-corrected chi connectivity index (χ2v) is 3.90. The molecule has 1 aromatic carbocycles. The first kappa shape index (κ1) is 15.5. The van der Waals surface area contributed by atoms with Crippen molar-refractivity contribution in [2.75, 3.05) is 19.7 Å². The second kappa shape index (κ2) is 7.77. The number of terminal acetylenes is 3. The molecule has 102 valence electrons. The average molecular weight is 269 g/mol. The van der Waals surface area contributed by atoms with Crippen molar-refractivity contribution in [1.29, 1.82) is 0 Å². The number of rotatable bonds is 6. The summed E-state index contributed by atoms with van der Waals surface area (Å²) in [5.41, 5.74) is 0.734. The van der Waals surface area contributed by atoms with Crippen molar-refractivity contribution in [2.45, 2.75) is 6.10 Å². The Labute approximate surface area is 118 Å². The van der Waals surface area contributed by atoms with Gasteiger partial charge in [-0.1, -0.05) is 17.8 Å². The van der Waals surface area contributed by atoms with Crippen LogP contribution in [0.15, 0.2) is 12.1 Å². The lowest BCUT2D eigenvalue weighted by Gasteiger charge is -2.15. The lowest BCUT2D eigenvalue weighted by atomic mass is 10.0. The van der Waals surface area contributed by atoms with E-state index in [2.05, 4.69) is 23.1 Å². The molecule has 20 heavy (non-hydrogen) atoms. The molecular formula is C16H15NO3. The van der Waals surface area contributed by atoms with Crippen LogP contribution in [0.1, 0.15) is 17.2 Å². The van der Waals surface area contributed by atoms with Crippen molar-refractivity contribution in [3.05, 3.63) is 23.3 Å². The van der Waals surface area contributed by atoms with Gasteiger partial charge in [-0.05, 0) is 17.7 Å². The van der Waals surface area contributed by atoms with Crippen molar-refractivity contribution >= 4 is 0 Å². The number of ether oxygens (including phenoxy) is 1. The number of phenols is 1. The molecule has 0 saturated carbocycles. The predicted molar refractivity (Wildman–Crippen MR) is 77.0 cm³/mol. The standard InChI is InChI=1S/C16H15NO3/c1-4-7-17-11-14(18)13-9-12(6-3)16(19)15(10-13)20-8-5-2/h1-3,9-10,14,17-19H,7-8,11H2. The van der Waals surface area contributed by atoms with E-state index in [4.69, 9.17) is 24.0 Å². The molecule has 0 aliphatic carbocycles. The summed E-state index contributed by atoms with van der Waals surface area (Å²) < 4.78 is 5.20. The SMILES string of the molecule is C#CCNCC(O)c1cc(C#C)c(O)c(OCC#C)c1. The van der Waals surface area contributed by atoms with Gasteiger partial charge < -0.3 is 20.3 Å². The topological polar surface area (TPSA) is 61.7 Å². The molecule has 0 fully saturated rings. The van der Waals surface area contributed by atoms with Crippen LogP contribution >= 0.6 is 0 Å². The maximum atomic E-state index is 10.0. The molecule has 1 rings (SSSR count). The number of aliphatic hydroxyl groups is 1. The van der Waals surface area contributed by atoms with Crippen molar-refractivity contribution < 1.29 is 14.9 Å². The molecule has 0 aliphatic rings. The Bertz CT molecular complexity index is 587. The summed E-state index contributed by atoms with van der Waals surface area (Å²) in [6.45, 7) is 0.595. The molecule has 0 heterocycles. The highest BCUT2D eigenvalue weighted by Gasteiger charge is 2.14. The van der Waals surface area contributed by atoms with Crippen molar-refractivity contribution in [2.24, 2.45) is 0 Å². The van der Waals surface area contributed by atoms with Crippen LogP contribution in [0.4, 0.5) is 0 Å². The molecule has 0 saturated heterocycles. The van der Waals surface area contributed by atoms with Crippen molar-refractivity contribution in [3.63, 3.8) is 0 Å². The van der Waals surface area contributed by atoms with E-state index in [0.717, 1.165) is 0 Å². The van der Waals surface area contributed by atoms with Gasteiger partial charge in [-0.3, -0.25) is 0 Å². The Kier molecular flexibility index (Phi) is 6.01. The first-order valence-corrected chi connectivity index (χ1v) is 5.86. The zero-order valence-corrected chi connectivity index (χ0v) is 10.9. The van der Waals surface area contributed by atoms with E-state index in [-0.39, 0.29) is 30.2 Å². The first-order chi connectivity index (χ1) is 9.63. The summed E-state index contributed by atoms with van der Waals surface area (Å²) >= 11 is 0. The highest BCUT2D eigenvalue weighted by Crippen LogP contribution is 2.33. The number of aliphatic hydroxyl groups excluding tert-OH is 1. The third-order valence-electron chi connectivity index (χ3n) is 2.51. The van der Waals surface area contributed by atoms with E-state index in [1.165, 1.54) is 12.1 Å². The second-order valence-electron chi connectivity index (χ2n) is 3.90. The van der Waals surface area contributed by atoms with Gasteiger partial charge in [-0.25, -0.2) is 0 Å². The summed E-state index contributed by atoms with van der Waals surface area (Å²) in [6, 6.07) is 3.01. The Morgan fingerprint density at radius 1 is 1.25 bits per heavy atom. The van der Waals surface area contributed by atoms with Gasteiger partial charge in [0.2, 0.25) is 0 Å². The van der Waals surface area contributed by atoms with Crippen LogP contribution in [0.5, 0.6) is 11.5 Å². The van der Waals surface area contributed by atoms with Crippen LogP contribution in [0.3, 0.4) is 0 Å². The van der Waals surface area contributed by atoms with Gasteiger partial charge in [0.05, 0.1) is 18.2 Å². The van der Waals surface area contributed by atoms with Crippen molar-refractivity contribution in [3.8, 4) is 48.5 Å². The average Bonchev–Trinajstić information content (AvgIpc) is 2.46. The predicted octanol–water partition coefficient (Wildman–Crippen LogP) is 0.642. The van der Waals surface area contributed by atoms with Crippen LogP contribution in [-0.2, 0) is 0 Å². The zero-order chi connectivity index (χ0) is 15.0. The van der Waals surface area contributed by atoms with Gasteiger partial charge in [0, 0.05) is 6.54 Å². The van der Waals surface area contributed by atoms with Gasteiger partial charge in [-0.2, -0.15) is 0 Å². The maximum absolute atomic E-state index is 10.0. The lowest BCUT2D eigenvalue weighted by molar-refractivity contribution is 0.176. The first-order valence-electron chi connectivity index (χ1n) is 5.86. The minimum Gasteiger partial charge on any atom is -0.503 e. The molecule has 0 amide bonds. The van der Waals surface area contributed by atoms with Gasteiger partial charge in [0.25, 0.3) is 0 Å². The number of hydrogen-bond donors (Lipinski definition) is 3. The highest BCUT2D eigenvalue weighted by atomic mass is 16.5. The Morgan fingerprint density at radius 2 is 2.00 bits per heavy atom. The van der Waals surface area contributed by atoms with Gasteiger partial charge in [0.15, 0.2) is 11.5 Å². The molecule has 1 atom stereocenters. The number of benzene rings is 1.